The number of hydrogen-bond donors (Lipinski definition) is 0. The molecule has 3 heteroatoms. The molecule has 0 aliphatic carbocycles. The van der Waals surface area contributed by atoms with Gasteiger partial charge in [0.1, 0.15) is 10.0 Å². The molecule has 0 spiro atoms. The molecule has 78 valence electrons. The summed E-state index contributed by atoms with van der Waals surface area (Å²) < 4.78 is 0. The molecular formula is C12H14N2S. The van der Waals surface area contributed by atoms with E-state index in [1.54, 1.807) is 11.3 Å². The first kappa shape index (κ1) is 10.3. The number of benzene rings is 1. The lowest BCUT2D eigenvalue weighted by molar-refractivity contribution is 0.578. The van der Waals surface area contributed by atoms with E-state index in [2.05, 4.69) is 43.1 Å². The summed E-state index contributed by atoms with van der Waals surface area (Å²) in [5.74, 6) is 0. The van der Waals surface area contributed by atoms with E-state index < -0.39 is 0 Å². The number of aromatic nitrogens is 2. The quantitative estimate of drug-likeness (QED) is 0.732. The van der Waals surface area contributed by atoms with Crippen molar-refractivity contribution in [3.8, 4) is 10.6 Å². The molecule has 2 aromatic rings. The first-order valence-corrected chi connectivity index (χ1v) is 5.78. The minimum Gasteiger partial charge on any atom is -0.143 e. The van der Waals surface area contributed by atoms with Crippen molar-refractivity contribution in [2.45, 2.75) is 26.2 Å². The number of nitrogens with zero attached hydrogens (tertiary/aromatic N) is 2. The Hall–Kier alpha value is -1.22. The van der Waals surface area contributed by atoms with Crippen LogP contribution in [0.25, 0.3) is 10.6 Å². The van der Waals surface area contributed by atoms with Crippen molar-refractivity contribution in [1.82, 2.24) is 10.2 Å². The molecule has 0 aliphatic rings. The lowest BCUT2D eigenvalue weighted by atomic mass is 9.98. The molecule has 0 aliphatic heterocycles. The van der Waals surface area contributed by atoms with Gasteiger partial charge in [0.05, 0.1) is 0 Å². The second-order valence-electron chi connectivity index (χ2n) is 4.53. The Morgan fingerprint density at radius 1 is 1.00 bits per heavy atom. The Kier molecular flexibility index (Phi) is 2.57. The molecule has 2 nitrogen and oxygen atoms in total. The van der Waals surface area contributed by atoms with Gasteiger partial charge in [-0.15, -0.1) is 10.2 Å². The van der Waals surface area contributed by atoms with Crippen LogP contribution >= 0.6 is 11.3 Å². The minimum absolute atomic E-state index is 0.0880. The predicted molar refractivity (Wildman–Crippen MR) is 64.0 cm³/mol. The maximum absolute atomic E-state index is 4.23. The summed E-state index contributed by atoms with van der Waals surface area (Å²) in [4.78, 5) is 0. The SMILES string of the molecule is CC(C)(C)c1nnc(-c2ccccc2)s1. The van der Waals surface area contributed by atoms with Crippen molar-refractivity contribution in [3.63, 3.8) is 0 Å². The summed E-state index contributed by atoms with van der Waals surface area (Å²) in [6, 6.07) is 10.2. The smallest absolute Gasteiger partial charge is 0.143 e. The topological polar surface area (TPSA) is 25.8 Å². The highest BCUT2D eigenvalue weighted by molar-refractivity contribution is 7.14. The third-order valence-electron chi connectivity index (χ3n) is 2.09. The molecule has 2 rings (SSSR count). The van der Waals surface area contributed by atoms with Gasteiger partial charge in [-0.3, -0.25) is 0 Å². The van der Waals surface area contributed by atoms with Gasteiger partial charge in [0.2, 0.25) is 0 Å². The molecular weight excluding hydrogens is 204 g/mol. The second-order valence-corrected chi connectivity index (χ2v) is 5.51. The molecule has 0 saturated carbocycles. The van der Waals surface area contributed by atoms with Crippen LogP contribution in [0.15, 0.2) is 30.3 Å². The van der Waals surface area contributed by atoms with Crippen LogP contribution in [-0.4, -0.2) is 10.2 Å². The van der Waals surface area contributed by atoms with E-state index in [1.165, 1.54) is 0 Å². The molecule has 1 aromatic heterocycles. The fourth-order valence-corrected chi connectivity index (χ4v) is 2.13. The van der Waals surface area contributed by atoms with Crippen LogP contribution in [0.4, 0.5) is 0 Å². The molecule has 0 atom stereocenters. The van der Waals surface area contributed by atoms with Crippen LogP contribution in [0.1, 0.15) is 25.8 Å². The lowest BCUT2D eigenvalue weighted by Crippen LogP contribution is -2.10. The average Bonchev–Trinajstić information content (AvgIpc) is 2.67. The summed E-state index contributed by atoms with van der Waals surface area (Å²) in [7, 11) is 0. The predicted octanol–water partition coefficient (Wildman–Crippen LogP) is 3.50. The molecule has 0 saturated heterocycles. The third-order valence-corrected chi connectivity index (χ3v) is 3.49. The molecule has 1 heterocycles. The zero-order chi connectivity index (χ0) is 10.9. The molecule has 0 radical (unpaired) electrons. The van der Waals surface area contributed by atoms with Crippen LogP contribution in [0.3, 0.4) is 0 Å². The van der Waals surface area contributed by atoms with Crippen molar-refractivity contribution in [2.24, 2.45) is 0 Å². The van der Waals surface area contributed by atoms with Gasteiger partial charge in [0.25, 0.3) is 0 Å². The molecule has 15 heavy (non-hydrogen) atoms. The molecule has 0 fully saturated rings. The van der Waals surface area contributed by atoms with Crippen molar-refractivity contribution in [2.75, 3.05) is 0 Å². The minimum atomic E-state index is 0.0880. The highest BCUT2D eigenvalue weighted by Crippen LogP contribution is 2.30. The zero-order valence-electron chi connectivity index (χ0n) is 9.19. The highest BCUT2D eigenvalue weighted by Gasteiger charge is 2.19. The maximum Gasteiger partial charge on any atom is 0.147 e. The average molecular weight is 218 g/mol. The van der Waals surface area contributed by atoms with E-state index in [1.807, 2.05) is 18.2 Å². The van der Waals surface area contributed by atoms with Gasteiger partial charge < -0.3 is 0 Å². The van der Waals surface area contributed by atoms with E-state index in [0.29, 0.717) is 0 Å². The van der Waals surface area contributed by atoms with Crippen LogP contribution < -0.4 is 0 Å². The highest BCUT2D eigenvalue weighted by atomic mass is 32.1. The van der Waals surface area contributed by atoms with Gasteiger partial charge in [0, 0.05) is 11.0 Å². The van der Waals surface area contributed by atoms with Crippen LogP contribution in [0, 0.1) is 0 Å². The molecule has 0 bridgehead atoms. The summed E-state index contributed by atoms with van der Waals surface area (Å²) in [5.41, 5.74) is 1.23. The molecule has 1 aromatic carbocycles. The maximum atomic E-state index is 4.23. The third kappa shape index (κ3) is 2.23. The molecule has 0 unspecified atom stereocenters. The Morgan fingerprint density at radius 2 is 1.67 bits per heavy atom. The lowest BCUT2D eigenvalue weighted by Gasteiger charge is -2.12. The second kappa shape index (κ2) is 3.74. The monoisotopic (exact) mass is 218 g/mol. The van der Waals surface area contributed by atoms with Crippen molar-refractivity contribution in [1.29, 1.82) is 0 Å². The molecule has 0 N–H and O–H groups in total. The van der Waals surface area contributed by atoms with Crippen LogP contribution in [0.2, 0.25) is 0 Å². The number of rotatable bonds is 1. The first-order valence-electron chi connectivity index (χ1n) is 4.97. The van der Waals surface area contributed by atoms with Crippen LogP contribution in [-0.2, 0) is 5.41 Å². The first-order chi connectivity index (χ1) is 7.07. The standard InChI is InChI=1S/C12H14N2S/c1-12(2,3)11-14-13-10(15-11)9-7-5-4-6-8-9/h4-8H,1-3H3. The van der Waals surface area contributed by atoms with Crippen molar-refractivity contribution < 1.29 is 0 Å². The van der Waals surface area contributed by atoms with Crippen molar-refractivity contribution >= 4 is 11.3 Å². The number of hydrogen-bond acceptors (Lipinski definition) is 3. The Labute approximate surface area is 94.0 Å². The van der Waals surface area contributed by atoms with E-state index >= 15 is 0 Å². The van der Waals surface area contributed by atoms with E-state index in [4.69, 9.17) is 0 Å². The Bertz CT molecular complexity index is 440. The fourth-order valence-electron chi connectivity index (χ4n) is 1.22. The van der Waals surface area contributed by atoms with Gasteiger partial charge in [-0.1, -0.05) is 62.4 Å². The largest absolute Gasteiger partial charge is 0.147 e. The molecule has 0 amide bonds. The van der Waals surface area contributed by atoms with Crippen molar-refractivity contribution in [3.05, 3.63) is 35.3 Å². The fraction of sp³-hybridized carbons (Fsp3) is 0.333. The summed E-state index contributed by atoms with van der Waals surface area (Å²) >= 11 is 1.67. The van der Waals surface area contributed by atoms with Gasteiger partial charge >= 0.3 is 0 Å². The summed E-state index contributed by atoms with van der Waals surface area (Å²) in [5, 5.41) is 10.5. The van der Waals surface area contributed by atoms with Gasteiger partial charge in [-0.25, -0.2) is 0 Å². The van der Waals surface area contributed by atoms with Gasteiger partial charge in [-0.2, -0.15) is 0 Å². The Morgan fingerprint density at radius 3 is 2.20 bits per heavy atom. The van der Waals surface area contributed by atoms with E-state index in [-0.39, 0.29) is 5.41 Å². The normalized spacial score (nSPS) is 11.7. The van der Waals surface area contributed by atoms with E-state index in [9.17, 15) is 0 Å². The zero-order valence-corrected chi connectivity index (χ0v) is 10.0. The summed E-state index contributed by atoms with van der Waals surface area (Å²) in [6.07, 6.45) is 0. The van der Waals surface area contributed by atoms with E-state index in [0.717, 1.165) is 15.6 Å². The van der Waals surface area contributed by atoms with Gasteiger partial charge in [-0.05, 0) is 0 Å². The van der Waals surface area contributed by atoms with Crippen LogP contribution in [0.5, 0.6) is 0 Å². The summed E-state index contributed by atoms with van der Waals surface area (Å²) in [6.45, 7) is 6.47. The Balaban J connectivity index is 2.37. The van der Waals surface area contributed by atoms with Gasteiger partial charge in [0.15, 0.2) is 0 Å².